The second kappa shape index (κ2) is 6.47. The van der Waals surface area contributed by atoms with Gasteiger partial charge in [-0.2, -0.15) is 5.10 Å². The summed E-state index contributed by atoms with van der Waals surface area (Å²) in [6, 6.07) is 0.961. The number of fused-ring (bicyclic) bond motifs is 1. The SMILES string of the molecule is Cc1nn(C)c2sc(C(=O)NC(C)C(=O)N(CC(=O)O)C3CC3)cc12. The van der Waals surface area contributed by atoms with Crippen LogP contribution in [0.5, 0.6) is 0 Å². The number of thiophene rings is 1. The first kappa shape index (κ1) is 17.4. The molecule has 0 spiro atoms. The van der Waals surface area contributed by atoms with Crippen molar-refractivity contribution in [1.82, 2.24) is 20.0 Å². The molecule has 134 valence electrons. The van der Waals surface area contributed by atoms with Gasteiger partial charge < -0.3 is 15.3 Å². The monoisotopic (exact) mass is 364 g/mol. The van der Waals surface area contributed by atoms with E-state index in [-0.39, 0.29) is 24.4 Å². The maximum atomic E-state index is 12.5. The van der Waals surface area contributed by atoms with Crippen LogP contribution in [-0.4, -0.2) is 56.2 Å². The molecule has 8 nitrogen and oxygen atoms in total. The lowest BCUT2D eigenvalue weighted by molar-refractivity contribution is -0.145. The van der Waals surface area contributed by atoms with Crippen LogP contribution >= 0.6 is 11.3 Å². The summed E-state index contributed by atoms with van der Waals surface area (Å²) in [4.78, 5) is 38.7. The summed E-state index contributed by atoms with van der Waals surface area (Å²) in [5.74, 6) is -1.75. The van der Waals surface area contributed by atoms with Crippen LogP contribution in [0, 0.1) is 6.92 Å². The normalized spacial score (nSPS) is 15.2. The van der Waals surface area contributed by atoms with Crippen molar-refractivity contribution in [3.05, 3.63) is 16.6 Å². The highest BCUT2D eigenvalue weighted by Gasteiger charge is 2.36. The van der Waals surface area contributed by atoms with E-state index >= 15 is 0 Å². The lowest BCUT2D eigenvalue weighted by atomic mass is 10.2. The molecule has 1 atom stereocenters. The molecule has 2 heterocycles. The Labute approximate surface area is 148 Å². The molecule has 2 N–H and O–H groups in total. The zero-order valence-corrected chi connectivity index (χ0v) is 15.1. The Balaban J connectivity index is 1.71. The van der Waals surface area contributed by atoms with Crippen molar-refractivity contribution in [2.24, 2.45) is 7.05 Å². The lowest BCUT2D eigenvalue weighted by Gasteiger charge is -2.24. The van der Waals surface area contributed by atoms with Crippen LogP contribution in [0.4, 0.5) is 0 Å². The van der Waals surface area contributed by atoms with Crippen LogP contribution in [0.2, 0.25) is 0 Å². The molecule has 1 aliphatic carbocycles. The fourth-order valence-corrected chi connectivity index (χ4v) is 3.84. The molecule has 0 radical (unpaired) electrons. The largest absolute Gasteiger partial charge is 0.480 e. The summed E-state index contributed by atoms with van der Waals surface area (Å²) in [6.07, 6.45) is 1.62. The first-order valence-corrected chi connectivity index (χ1v) is 8.86. The topological polar surface area (TPSA) is 105 Å². The number of carbonyl (C=O) groups excluding carboxylic acids is 2. The van der Waals surface area contributed by atoms with Crippen LogP contribution in [0.1, 0.15) is 35.1 Å². The number of nitrogens with zero attached hydrogens (tertiary/aromatic N) is 3. The van der Waals surface area contributed by atoms with Gasteiger partial charge in [0.2, 0.25) is 5.91 Å². The van der Waals surface area contributed by atoms with Gasteiger partial charge >= 0.3 is 5.97 Å². The first-order valence-electron chi connectivity index (χ1n) is 8.04. The Bertz CT molecular complexity index is 817. The zero-order valence-electron chi connectivity index (χ0n) is 14.3. The smallest absolute Gasteiger partial charge is 0.323 e. The Morgan fingerprint density at radius 2 is 2.16 bits per heavy atom. The molecular weight excluding hydrogens is 344 g/mol. The third kappa shape index (κ3) is 3.51. The highest BCUT2D eigenvalue weighted by molar-refractivity contribution is 7.20. The van der Waals surface area contributed by atoms with Crippen LogP contribution in [-0.2, 0) is 16.6 Å². The maximum Gasteiger partial charge on any atom is 0.323 e. The number of carboxylic acid groups (broad SMARTS) is 1. The van der Waals surface area contributed by atoms with Gasteiger partial charge in [-0.3, -0.25) is 19.1 Å². The van der Waals surface area contributed by atoms with E-state index in [0.29, 0.717) is 4.88 Å². The van der Waals surface area contributed by atoms with Gasteiger partial charge in [-0.15, -0.1) is 11.3 Å². The first-order chi connectivity index (χ1) is 11.8. The van der Waals surface area contributed by atoms with Crippen molar-refractivity contribution < 1.29 is 19.5 Å². The van der Waals surface area contributed by atoms with Gasteiger partial charge in [0.15, 0.2) is 0 Å². The summed E-state index contributed by atoms with van der Waals surface area (Å²) >= 11 is 1.31. The van der Waals surface area contributed by atoms with Gasteiger partial charge in [0.05, 0.1) is 10.6 Å². The fraction of sp³-hybridized carbons (Fsp3) is 0.500. The summed E-state index contributed by atoms with van der Waals surface area (Å²) in [7, 11) is 1.82. The van der Waals surface area contributed by atoms with Gasteiger partial charge in [0.25, 0.3) is 5.91 Å². The van der Waals surface area contributed by atoms with Gasteiger partial charge in [0, 0.05) is 18.5 Å². The molecule has 1 aliphatic rings. The molecule has 0 bridgehead atoms. The number of aromatic nitrogens is 2. The van der Waals surface area contributed by atoms with Crippen molar-refractivity contribution in [1.29, 1.82) is 0 Å². The summed E-state index contributed by atoms with van der Waals surface area (Å²) in [6.45, 7) is 3.12. The average molecular weight is 364 g/mol. The number of hydrogen-bond acceptors (Lipinski definition) is 5. The number of hydrogen-bond donors (Lipinski definition) is 2. The summed E-state index contributed by atoms with van der Waals surface area (Å²) in [5.41, 5.74) is 0.846. The van der Waals surface area contributed by atoms with E-state index in [1.165, 1.54) is 16.2 Å². The number of rotatable bonds is 6. The molecule has 0 aliphatic heterocycles. The van der Waals surface area contributed by atoms with Crippen molar-refractivity contribution in [2.45, 2.75) is 38.8 Å². The molecule has 9 heteroatoms. The molecule has 2 aromatic heterocycles. The van der Waals surface area contributed by atoms with Crippen molar-refractivity contribution in [2.75, 3.05) is 6.54 Å². The average Bonchev–Trinajstić information content (AvgIpc) is 3.21. The Kier molecular flexibility index (Phi) is 4.51. The molecule has 0 aromatic carbocycles. The van der Waals surface area contributed by atoms with Crippen molar-refractivity contribution >= 4 is 39.3 Å². The molecule has 2 aromatic rings. The minimum atomic E-state index is -1.05. The standard InChI is InChI=1S/C16H20N4O4S/c1-8-11-6-12(25-16(11)19(3)18-8)14(23)17-9(2)15(24)20(7-13(21)22)10-4-5-10/h6,9-10H,4-5,7H2,1-3H3,(H,17,23)(H,21,22). The molecule has 1 saturated carbocycles. The molecule has 1 fully saturated rings. The van der Waals surface area contributed by atoms with E-state index in [0.717, 1.165) is 28.8 Å². The van der Waals surface area contributed by atoms with E-state index in [1.54, 1.807) is 17.7 Å². The Morgan fingerprint density at radius 1 is 1.48 bits per heavy atom. The predicted octanol–water partition coefficient (Wildman–Crippen LogP) is 1.14. The predicted molar refractivity (Wildman–Crippen MR) is 92.6 cm³/mol. The number of aliphatic carboxylic acids is 1. The molecule has 3 rings (SSSR count). The molecule has 2 amide bonds. The highest BCUT2D eigenvalue weighted by Crippen LogP contribution is 2.28. The van der Waals surface area contributed by atoms with Gasteiger partial charge in [-0.1, -0.05) is 0 Å². The Hall–Kier alpha value is -2.42. The molecule has 1 unspecified atom stereocenters. The van der Waals surface area contributed by atoms with E-state index in [4.69, 9.17) is 5.11 Å². The second-order valence-electron chi connectivity index (χ2n) is 6.32. The minimum Gasteiger partial charge on any atom is -0.480 e. The molecule has 0 saturated heterocycles. The number of carboxylic acids is 1. The van der Waals surface area contributed by atoms with Crippen LogP contribution in [0.3, 0.4) is 0 Å². The van der Waals surface area contributed by atoms with Crippen LogP contribution < -0.4 is 5.32 Å². The van der Waals surface area contributed by atoms with Crippen LogP contribution in [0.25, 0.3) is 10.2 Å². The van der Waals surface area contributed by atoms with E-state index in [2.05, 4.69) is 10.4 Å². The Morgan fingerprint density at radius 3 is 2.72 bits per heavy atom. The van der Waals surface area contributed by atoms with Crippen molar-refractivity contribution in [3.8, 4) is 0 Å². The number of amides is 2. The third-order valence-electron chi connectivity index (χ3n) is 4.21. The zero-order chi connectivity index (χ0) is 18.3. The van der Waals surface area contributed by atoms with Crippen molar-refractivity contribution in [3.63, 3.8) is 0 Å². The number of carbonyl (C=O) groups is 3. The number of nitrogens with one attached hydrogen (secondary N) is 1. The fourth-order valence-electron chi connectivity index (χ4n) is 2.81. The molecular formula is C16H20N4O4S. The second-order valence-corrected chi connectivity index (χ2v) is 7.36. The van der Waals surface area contributed by atoms with Gasteiger partial charge in [0.1, 0.15) is 17.4 Å². The minimum absolute atomic E-state index is 0.0269. The maximum absolute atomic E-state index is 12.5. The summed E-state index contributed by atoms with van der Waals surface area (Å²) in [5, 5.41) is 16.9. The van der Waals surface area contributed by atoms with Gasteiger partial charge in [-0.25, -0.2) is 0 Å². The number of aryl methyl sites for hydroxylation is 2. The van der Waals surface area contributed by atoms with E-state index < -0.39 is 12.0 Å². The quantitative estimate of drug-likeness (QED) is 0.800. The third-order valence-corrected chi connectivity index (χ3v) is 5.41. The van der Waals surface area contributed by atoms with E-state index in [9.17, 15) is 14.4 Å². The van der Waals surface area contributed by atoms with E-state index in [1.807, 2.05) is 14.0 Å². The molecule has 25 heavy (non-hydrogen) atoms. The summed E-state index contributed by atoms with van der Waals surface area (Å²) < 4.78 is 1.72. The highest BCUT2D eigenvalue weighted by atomic mass is 32.1. The van der Waals surface area contributed by atoms with Crippen LogP contribution in [0.15, 0.2) is 6.07 Å². The van der Waals surface area contributed by atoms with Gasteiger partial charge in [-0.05, 0) is 32.8 Å². The lowest BCUT2D eigenvalue weighted by Crippen LogP contribution is -2.49.